The predicted molar refractivity (Wildman–Crippen MR) is 100 cm³/mol. The van der Waals surface area contributed by atoms with Crippen molar-refractivity contribution in [2.24, 2.45) is 0 Å². The molecule has 3 rings (SSSR count). The highest BCUT2D eigenvalue weighted by molar-refractivity contribution is 6.33. The molecule has 27 heavy (non-hydrogen) atoms. The Bertz CT molecular complexity index is 1000. The van der Waals surface area contributed by atoms with Crippen LogP contribution in [0.3, 0.4) is 0 Å². The zero-order valence-electron chi connectivity index (χ0n) is 13.8. The molecule has 0 saturated carbocycles. The number of para-hydroxylation sites is 2. The van der Waals surface area contributed by atoms with Crippen LogP contribution in [0.4, 0.5) is 20.2 Å². The first-order valence-corrected chi connectivity index (χ1v) is 8.25. The summed E-state index contributed by atoms with van der Waals surface area (Å²) in [7, 11) is 0. The first-order chi connectivity index (χ1) is 13.0. The Labute approximate surface area is 158 Å². The van der Waals surface area contributed by atoms with Gasteiger partial charge in [-0.15, -0.1) is 0 Å². The van der Waals surface area contributed by atoms with Gasteiger partial charge in [-0.3, -0.25) is 9.59 Å². The summed E-state index contributed by atoms with van der Waals surface area (Å²) in [4.78, 5) is 24.7. The number of rotatable bonds is 4. The largest absolute Gasteiger partial charge is 0.321 e. The normalized spacial score (nSPS) is 10.3. The van der Waals surface area contributed by atoms with Gasteiger partial charge in [0.15, 0.2) is 0 Å². The van der Waals surface area contributed by atoms with Crippen molar-refractivity contribution in [1.29, 1.82) is 0 Å². The minimum absolute atomic E-state index is 0.0736. The molecule has 2 amide bonds. The average molecular weight is 387 g/mol. The third-order valence-electron chi connectivity index (χ3n) is 3.71. The second-order valence-electron chi connectivity index (χ2n) is 5.57. The SMILES string of the molecule is O=C(Nc1ccccc1Cl)c1cccc(C(=O)Nc2c(F)cccc2F)c1. The molecule has 0 aromatic heterocycles. The number of carbonyl (C=O) groups is 2. The van der Waals surface area contributed by atoms with E-state index in [4.69, 9.17) is 11.6 Å². The predicted octanol–water partition coefficient (Wildman–Crippen LogP) is 5.12. The van der Waals surface area contributed by atoms with Gasteiger partial charge in [-0.1, -0.05) is 35.9 Å². The molecule has 4 nitrogen and oxygen atoms in total. The van der Waals surface area contributed by atoms with Crippen LogP contribution in [0.25, 0.3) is 0 Å². The average Bonchev–Trinajstić information content (AvgIpc) is 2.66. The van der Waals surface area contributed by atoms with Gasteiger partial charge >= 0.3 is 0 Å². The van der Waals surface area contributed by atoms with Gasteiger partial charge in [0.1, 0.15) is 17.3 Å². The number of anilines is 2. The van der Waals surface area contributed by atoms with E-state index in [1.165, 1.54) is 30.3 Å². The molecule has 0 fully saturated rings. The van der Waals surface area contributed by atoms with Gasteiger partial charge in [-0.2, -0.15) is 0 Å². The van der Waals surface area contributed by atoms with Crippen LogP contribution in [0.15, 0.2) is 66.7 Å². The molecule has 7 heteroatoms. The first-order valence-electron chi connectivity index (χ1n) is 7.87. The Hall–Kier alpha value is -3.25. The highest BCUT2D eigenvalue weighted by Crippen LogP contribution is 2.22. The fourth-order valence-corrected chi connectivity index (χ4v) is 2.54. The van der Waals surface area contributed by atoms with Crippen molar-refractivity contribution in [1.82, 2.24) is 0 Å². The molecule has 0 heterocycles. The Morgan fingerprint density at radius 1 is 0.741 bits per heavy atom. The lowest BCUT2D eigenvalue weighted by molar-refractivity contribution is 0.102. The lowest BCUT2D eigenvalue weighted by Crippen LogP contribution is -2.16. The summed E-state index contributed by atoms with van der Waals surface area (Å²) in [6.07, 6.45) is 0. The van der Waals surface area contributed by atoms with Crippen LogP contribution in [-0.2, 0) is 0 Å². The molecule has 0 bridgehead atoms. The van der Waals surface area contributed by atoms with Crippen LogP contribution < -0.4 is 10.6 Å². The van der Waals surface area contributed by atoms with Crippen LogP contribution in [0, 0.1) is 11.6 Å². The molecule has 3 aromatic carbocycles. The van der Waals surface area contributed by atoms with Crippen molar-refractivity contribution in [2.75, 3.05) is 10.6 Å². The minimum atomic E-state index is -0.893. The lowest BCUT2D eigenvalue weighted by atomic mass is 10.1. The van der Waals surface area contributed by atoms with Crippen molar-refractivity contribution >= 4 is 34.8 Å². The van der Waals surface area contributed by atoms with Gasteiger partial charge in [-0.25, -0.2) is 8.78 Å². The van der Waals surface area contributed by atoms with E-state index in [9.17, 15) is 18.4 Å². The Morgan fingerprint density at radius 2 is 1.30 bits per heavy atom. The smallest absolute Gasteiger partial charge is 0.255 e. The van der Waals surface area contributed by atoms with Crippen LogP contribution in [0.1, 0.15) is 20.7 Å². The highest BCUT2D eigenvalue weighted by atomic mass is 35.5. The quantitative estimate of drug-likeness (QED) is 0.653. The maximum Gasteiger partial charge on any atom is 0.255 e. The molecule has 0 saturated heterocycles. The maximum absolute atomic E-state index is 13.7. The fraction of sp³-hybridized carbons (Fsp3) is 0. The third kappa shape index (κ3) is 4.30. The number of amides is 2. The van der Waals surface area contributed by atoms with E-state index in [1.807, 2.05) is 0 Å². The summed E-state index contributed by atoms with van der Waals surface area (Å²) < 4.78 is 27.4. The molecule has 2 N–H and O–H groups in total. The lowest BCUT2D eigenvalue weighted by Gasteiger charge is -2.10. The van der Waals surface area contributed by atoms with Crippen LogP contribution in [0.2, 0.25) is 5.02 Å². The summed E-state index contributed by atoms with van der Waals surface area (Å²) in [6, 6.07) is 15.7. The highest BCUT2D eigenvalue weighted by Gasteiger charge is 2.15. The summed E-state index contributed by atoms with van der Waals surface area (Å²) in [5.74, 6) is -3.01. The molecule has 0 aliphatic rings. The van der Waals surface area contributed by atoms with Crippen molar-refractivity contribution in [3.05, 3.63) is 94.5 Å². The summed E-state index contributed by atoms with van der Waals surface area (Å²) >= 11 is 6.01. The van der Waals surface area contributed by atoms with E-state index in [0.717, 1.165) is 12.1 Å². The molecule has 0 aliphatic heterocycles. The second kappa shape index (κ2) is 7.97. The van der Waals surface area contributed by atoms with Gasteiger partial charge in [-0.05, 0) is 42.5 Å². The molecular formula is C20H13ClF2N2O2. The molecule has 0 radical (unpaired) electrons. The van der Waals surface area contributed by atoms with E-state index < -0.39 is 29.1 Å². The zero-order chi connectivity index (χ0) is 19.4. The van der Waals surface area contributed by atoms with Crippen LogP contribution in [0.5, 0.6) is 0 Å². The van der Waals surface area contributed by atoms with Crippen molar-refractivity contribution in [3.8, 4) is 0 Å². The van der Waals surface area contributed by atoms with Gasteiger partial charge in [0.05, 0.1) is 10.7 Å². The Kier molecular flexibility index (Phi) is 5.47. The topological polar surface area (TPSA) is 58.2 Å². The van der Waals surface area contributed by atoms with E-state index in [1.54, 1.807) is 24.3 Å². The van der Waals surface area contributed by atoms with E-state index in [-0.39, 0.29) is 11.1 Å². The monoisotopic (exact) mass is 386 g/mol. The van der Waals surface area contributed by atoms with Crippen molar-refractivity contribution < 1.29 is 18.4 Å². The summed E-state index contributed by atoms with van der Waals surface area (Å²) in [5.41, 5.74) is 0.141. The van der Waals surface area contributed by atoms with Crippen molar-refractivity contribution in [2.45, 2.75) is 0 Å². The van der Waals surface area contributed by atoms with Crippen molar-refractivity contribution in [3.63, 3.8) is 0 Å². The van der Waals surface area contributed by atoms with E-state index in [2.05, 4.69) is 10.6 Å². The van der Waals surface area contributed by atoms with Gasteiger partial charge < -0.3 is 10.6 Å². The van der Waals surface area contributed by atoms with Gasteiger partial charge in [0.2, 0.25) is 0 Å². The van der Waals surface area contributed by atoms with Crippen LogP contribution in [-0.4, -0.2) is 11.8 Å². The summed E-state index contributed by atoms with van der Waals surface area (Å²) in [5, 5.41) is 5.19. The summed E-state index contributed by atoms with van der Waals surface area (Å²) in [6.45, 7) is 0. The standard InChI is InChI=1S/C20H13ClF2N2O2/c21-14-7-1-2-10-17(14)24-19(26)12-5-3-6-13(11-12)20(27)25-18-15(22)8-4-9-16(18)23/h1-11H,(H,24,26)(H,25,27). The molecule has 136 valence electrons. The maximum atomic E-state index is 13.7. The number of benzene rings is 3. The number of hydrogen-bond acceptors (Lipinski definition) is 2. The van der Waals surface area contributed by atoms with Gasteiger partial charge in [0, 0.05) is 11.1 Å². The number of halogens is 3. The van der Waals surface area contributed by atoms with Gasteiger partial charge in [0.25, 0.3) is 11.8 Å². The zero-order valence-corrected chi connectivity index (χ0v) is 14.6. The molecular weight excluding hydrogens is 374 g/mol. The molecule has 0 aliphatic carbocycles. The number of carbonyl (C=O) groups excluding carboxylic acids is 2. The second-order valence-corrected chi connectivity index (χ2v) is 5.97. The Morgan fingerprint density at radius 3 is 1.93 bits per heavy atom. The van der Waals surface area contributed by atoms with E-state index in [0.29, 0.717) is 10.7 Å². The minimum Gasteiger partial charge on any atom is -0.321 e. The van der Waals surface area contributed by atoms with E-state index >= 15 is 0 Å². The molecule has 0 spiro atoms. The first kappa shape index (κ1) is 18.5. The Balaban J connectivity index is 1.80. The number of nitrogens with one attached hydrogen (secondary N) is 2. The molecule has 3 aromatic rings. The number of hydrogen-bond donors (Lipinski definition) is 2. The fourth-order valence-electron chi connectivity index (χ4n) is 2.36. The van der Waals surface area contributed by atoms with Crippen LogP contribution >= 0.6 is 11.6 Å². The third-order valence-corrected chi connectivity index (χ3v) is 4.04. The molecule has 0 unspecified atom stereocenters. The molecule has 0 atom stereocenters.